The van der Waals surface area contributed by atoms with E-state index in [1.54, 1.807) is 0 Å². The number of hydrogen-bond donors (Lipinski definition) is 2. The van der Waals surface area contributed by atoms with E-state index < -0.39 is 12.2 Å². The van der Waals surface area contributed by atoms with E-state index in [2.05, 4.69) is 0 Å². The molecule has 1 aliphatic carbocycles. The first-order valence-electron chi connectivity index (χ1n) is 3.92. The van der Waals surface area contributed by atoms with Crippen molar-refractivity contribution >= 4 is 5.78 Å². The number of ketones is 1. The van der Waals surface area contributed by atoms with Gasteiger partial charge in [-0.3, -0.25) is 4.79 Å². The van der Waals surface area contributed by atoms with E-state index >= 15 is 0 Å². The van der Waals surface area contributed by atoms with Crippen LogP contribution in [0.4, 0.5) is 0 Å². The molecule has 0 aliphatic heterocycles. The lowest BCUT2D eigenvalue weighted by Gasteiger charge is -2.18. The van der Waals surface area contributed by atoms with Gasteiger partial charge >= 0.3 is 0 Å². The lowest BCUT2D eigenvalue weighted by Crippen LogP contribution is -2.34. The maximum atomic E-state index is 11.0. The number of carbonyl (C=O) groups is 1. The van der Waals surface area contributed by atoms with Crippen LogP contribution >= 0.6 is 0 Å². The number of Topliss-reactive ketones (excluding diaryl/α,β-unsaturated/α-hetero) is 1. The van der Waals surface area contributed by atoms with Crippen molar-refractivity contribution in [3.63, 3.8) is 0 Å². The topological polar surface area (TPSA) is 57.5 Å². The summed E-state index contributed by atoms with van der Waals surface area (Å²) in [7, 11) is 0. The van der Waals surface area contributed by atoms with Gasteiger partial charge < -0.3 is 10.2 Å². The summed E-state index contributed by atoms with van der Waals surface area (Å²) in [6, 6.07) is 0. The number of aliphatic hydroxyl groups excluding tert-OH is 2. The Kier molecular flexibility index (Phi) is 3.02. The highest BCUT2D eigenvalue weighted by Crippen LogP contribution is 2.14. The molecule has 0 amide bonds. The van der Waals surface area contributed by atoms with E-state index in [0.717, 1.165) is 12.8 Å². The van der Waals surface area contributed by atoms with Crippen molar-refractivity contribution in [2.24, 2.45) is 0 Å². The summed E-state index contributed by atoms with van der Waals surface area (Å²) in [5.74, 6) is -0.231. The molecule has 2 unspecified atom stereocenters. The molecule has 2 atom stereocenters. The standard InChI is InChI=1S/C8H13O3/c9-6-4-2-1-3-5-7(10)8(6)11/h2,6,8-9,11H,1,3-5H2. The smallest absolute Gasteiger partial charge is 0.163 e. The van der Waals surface area contributed by atoms with Gasteiger partial charge in [-0.1, -0.05) is 0 Å². The summed E-state index contributed by atoms with van der Waals surface area (Å²) in [6.07, 6.45) is 2.33. The summed E-state index contributed by atoms with van der Waals surface area (Å²) in [4.78, 5) is 11.0. The van der Waals surface area contributed by atoms with Crippen LogP contribution in [0.3, 0.4) is 0 Å². The van der Waals surface area contributed by atoms with Crippen molar-refractivity contribution in [2.45, 2.75) is 37.9 Å². The van der Waals surface area contributed by atoms with Crippen molar-refractivity contribution < 1.29 is 15.0 Å². The number of hydrogen-bond acceptors (Lipinski definition) is 3. The Morgan fingerprint density at radius 3 is 2.91 bits per heavy atom. The molecule has 3 heteroatoms. The molecule has 1 rings (SSSR count). The molecule has 0 aromatic carbocycles. The molecule has 63 valence electrons. The summed E-state index contributed by atoms with van der Waals surface area (Å²) in [5.41, 5.74) is 0. The van der Waals surface area contributed by atoms with E-state index in [9.17, 15) is 4.79 Å². The summed E-state index contributed by atoms with van der Waals surface area (Å²) < 4.78 is 0. The van der Waals surface area contributed by atoms with Crippen LogP contribution in [0.25, 0.3) is 0 Å². The monoisotopic (exact) mass is 157 g/mol. The third kappa shape index (κ3) is 2.27. The second kappa shape index (κ2) is 3.83. The maximum absolute atomic E-state index is 11.0. The van der Waals surface area contributed by atoms with Crippen molar-refractivity contribution in [3.8, 4) is 0 Å². The van der Waals surface area contributed by atoms with Crippen molar-refractivity contribution in [1.29, 1.82) is 0 Å². The Hall–Kier alpha value is -0.410. The fourth-order valence-electron chi connectivity index (χ4n) is 1.20. The Bertz CT molecular complexity index is 144. The summed E-state index contributed by atoms with van der Waals surface area (Å²) >= 11 is 0. The molecule has 0 spiro atoms. The van der Waals surface area contributed by atoms with Gasteiger partial charge in [-0.05, 0) is 25.7 Å². The first-order chi connectivity index (χ1) is 5.22. The van der Waals surface area contributed by atoms with Crippen molar-refractivity contribution in [2.75, 3.05) is 0 Å². The van der Waals surface area contributed by atoms with E-state index in [1.165, 1.54) is 0 Å². The number of aliphatic hydroxyl groups is 2. The lowest BCUT2D eigenvalue weighted by molar-refractivity contribution is -0.133. The molecule has 0 heterocycles. The molecule has 0 aromatic rings. The van der Waals surface area contributed by atoms with Gasteiger partial charge in [-0.15, -0.1) is 0 Å². The van der Waals surface area contributed by atoms with Crippen LogP contribution in [0.15, 0.2) is 0 Å². The minimum absolute atomic E-state index is 0.231. The molecule has 11 heavy (non-hydrogen) atoms. The molecule has 1 saturated carbocycles. The van der Waals surface area contributed by atoms with Crippen LogP contribution in [0.2, 0.25) is 0 Å². The predicted octanol–water partition coefficient (Wildman–Crippen LogP) is 0.0556. The third-order valence-corrected chi connectivity index (χ3v) is 1.93. The van der Waals surface area contributed by atoms with E-state index in [-0.39, 0.29) is 5.78 Å². The van der Waals surface area contributed by atoms with Gasteiger partial charge in [-0.25, -0.2) is 0 Å². The normalized spacial score (nSPS) is 34.5. The van der Waals surface area contributed by atoms with Crippen LogP contribution < -0.4 is 0 Å². The Balaban J connectivity index is 2.49. The molecular formula is C8H13O3. The molecule has 3 nitrogen and oxygen atoms in total. The van der Waals surface area contributed by atoms with Crippen LogP contribution in [0.5, 0.6) is 0 Å². The molecule has 1 fully saturated rings. The first-order valence-corrected chi connectivity index (χ1v) is 3.92. The summed E-state index contributed by atoms with van der Waals surface area (Å²) in [6.45, 7) is 0. The second-order valence-corrected chi connectivity index (χ2v) is 2.90. The van der Waals surface area contributed by atoms with E-state index in [0.29, 0.717) is 12.8 Å². The molecule has 1 aliphatic rings. The van der Waals surface area contributed by atoms with Gasteiger partial charge in [0, 0.05) is 6.42 Å². The molecule has 2 N–H and O–H groups in total. The number of carbonyl (C=O) groups excluding carboxylic acids is 1. The largest absolute Gasteiger partial charge is 0.390 e. The molecule has 1 radical (unpaired) electrons. The molecular weight excluding hydrogens is 144 g/mol. The van der Waals surface area contributed by atoms with Crippen LogP contribution in [-0.4, -0.2) is 28.2 Å². The van der Waals surface area contributed by atoms with Gasteiger partial charge in [-0.2, -0.15) is 0 Å². The van der Waals surface area contributed by atoms with E-state index in [4.69, 9.17) is 10.2 Å². The van der Waals surface area contributed by atoms with Crippen molar-refractivity contribution in [1.82, 2.24) is 0 Å². The second-order valence-electron chi connectivity index (χ2n) is 2.90. The highest BCUT2D eigenvalue weighted by atomic mass is 16.3. The Morgan fingerprint density at radius 2 is 2.18 bits per heavy atom. The molecule has 0 aromatic heterocycles. The van der Waals surface area contributed by atoms with Gasteiger partial charge in [0.05, 0.1) is 6.10 Å². The van der Waals surface area contributed by atoms with E-state index in [1.807, 2.05) is 6.42 Å². The Labute approximate surface area is 66.0 Å². The van der Waals surface area contributed by atoms with Gasteiger partial charge in [0.25, 0.3) is 0 Å². The highest BCUT2D eigenvalue weighted by Gasteiger charge is 2.24. The zero-order chi connectivity index (χ0) is 8.27. The van der Waals surface area contributed by atoms with Crippen LogP contribution in [0, 0.1) is 6.42 Å². The third-order valence-electron chi connectivity index (χ3n) is 1.93. The van der Waals surface area contributed by atoms with Crippen LogP contribution in [0.1, 0.15) is 25.7 Å². The minimum Gasteiger partial charge on any atom is -0.390 e. The minimum atomic E-state index is -1.16. The van der Waals surface area contributed by atoms with Crippen molar-refractivity contribution in [3.05, 3.63) is 6.42 Å². The first kappa shape index (κ1) is 8.68. The quantitative estimate of drug-likeness (QED) is 0.522. The number of rotatable bonds is 0. The predicted molar refractivity (Wildman–Crippen MR) is 39.8 cm³/mol. The lowest BCUT2D eigenvalue weighted by atomic mass is 9.95. The zero-order valence-electron chi connectivity index (χ0n) is 6.36. The fourth-order valence-corrected chi connectivity index (χ4v) is 1.20. The maximum Gasteiger partial charge on any atom is 0.163 e. The molecule has 0 bridgehead atoms. The SMILES string of the molecule is O=C1CCC[CH]CC(O)C1O. The van der Waals surface area contributed by atoms with Crippen LogP contribution in [-0.2, 0) is 4.79 Å². The average molecular weight is 157 g/mol. The molecule has 0 saturated heterocycles. The van der Waals surface area contributed by atoms with Gasteiger partial charge in [0.2, 0.25) is 0 Å². The van der Waals surface area contributed by atoms with Gasteiger partial charge in [0.15, 0.2) is 5.78 Å². The average Bonchev–Trinajstić information content (AvgIpc) is 2.00. The zero-order valence-corrected chi connectivity index (χ0v) is 6.36. The highest BCUT2D eigenvalue weighted by molar-refractivity contribution is 5.83. The Morgan fingerprint density at radius 1 is 1.45 bits per heavy atom. The fraction of sp³-hybridized carbons (Fsp3) is 0.750. The summed E-state index contributed by atoms with van der Waals surface area (Å²) in [5, 5.41) is 18.3. The van der Waals surface area contributed by atoms with Gasteiger partial charge in [0.1, 0.15) is 6.10 Å².